The molecule has 0 saturated carbocycles. The number of carbonyl (C=O) groups is 2. The monoisotopic (exact) mass is 368 g/mol. The smallest absolute Gasteiger partial charge is 0.475 e. The molecule has 0 heterocycles. The molecule has 0 aromatic heterocycles. The molecule has 0 aliphatic heterocycles. The van der Waals surface area contributed by atoms with Crippen LogP contribution < -0.4 is 11.1 Å². The molecule has 24 heavy (non-hydrogen) atoms. The number of nitrogens with two attached hydrogens (primary N) is 1. The minimum atomic E-state index is -5.08. The number of nitrogens with one attached hydrogen (secondary N) is 1. The minimum Gasteiger partial charge on any atom is -0.475 e. The zero-order valence-corrected chi connectivity index (χ0v) is 11.4. The van der Waals surface area contributed by atoms with Gasteiger partial charge in [-0.25, -0.2) is 26.7 Å². The van der Waals surface area contributed by atoms with E-state index in [4.69, 9.17) is 15.6 Å². The molecular formula is C11H8F8N2O3. The van der Waals surface area contributed by atoms with Gasteiger partial charge in [0.1, 0.15) is 5.56 Å². The number of hydrogen-bond donors (Lipinski definition) is 3. The summed E-state index contributed by atoms with van der Waals surface area (Å²) >= 11 is 0. The predicted molar refractivity (Wildman–Crippen MR) is 61.0 cm³/mol. The number of carboxylic acid groups (broad SMARTS) is 1. The van der Waals surface area contributed by atoms with Crippen LogP contribution in [-0.4, -0.2) is 29.3 Å². The fraction of sp³-hybridized carbons (Fsp3) is 0.273. The number of alkyl halides is 3. The summed E-state index contributed by atoms with van der Waals surface area (Å²) in [6, 6.07) is 0. The average Bonchev–Trinajstić information content (AvgIpc) is 2.42. The Morgan fingerprint density at radius 2 is 1.25 bits per heavy atom. The number of rotatable bonds is 2. The predicted octanol–water partition coefficient (Wildman–Crippen LogP) is 2.05. The van der Waals surface area contributed by atoms with Crippen LogP contribution in [0.3, 0.4) is 0 Å². The van der Waals surface area contributed by atoms with Crippen molar-refractivity contribution in [3.05, 3.63) is 34.6 Å². The van der Waals surface area contributed by atoms with Crippen molar-refractivity contribution in [1.82, 2.24) is 5.32 Å². The van der Waals surface area contributed by atoms with Crippen LogP contribution in [0.2, 0.25) is 0 Å². The Morgan fingerprint density at radius 3 is 1.50 bits per heavy atom. The van der Waals surface area contributed by atoms with E-state index in [0.29, 0.717) is 0 Å². The second-order valence-electron chi connectivity index (χ2n) is 4.01. The molecule has 136 valence electrons. The molecule has 1 unspecified atom stereocenters. The van der Waals surface area contributed by atoms with Crippen LogP contribution in [0.5, 0.6) is 0 Å². The molecule has 1 aromatic carbocycles. The lowest BCUT2D eigenvalue weighted by molar-refractivity contribution is -0.192. The van der Waals surface area contributed by atoms with E-state index in [1.165, 1.54) is 6.92 Å². The van der Waals surface area contributed by atoms with Gasteiger partial charge in [-0.15, -0.1) is 0 Å². The number of carbonyl (C=O) groups excluding carboxylic acids is 1. The van der Waals surface area contributed by atoms with Crippen molar-refractivity contribution in [2.24, 2.45) is 5.73 Å². The number of carboxylic acids is 1. The van der Waals surface area contributed by atoms with Crippen LogP contribution in [0.4, 0.5) is 35.1 Å². The van der Waals surface area contributed by atoms with E-state index in [0.717, 1.165) is 0 Å². The van der Waals surface area contributed by atoms with Crippen LogP contribution >= 0.6 is 0 Å². The van der Waals surface area contributed by atoms with Crippen molar-refractivity contribution in [2.45, 2.75) is 19.3 Å². The van der Waals surface area contributed by atoms with Crippen molar-refractivity contribution in [3.8, 4) is 0 Å². The normalized spacial score (nSPS) is 12.1. The largest absolute Gasteiger partial charge is 0.490 e. The molecule has 0 aliphatic rings. The van der Waals surface area contributed by atoms with Crippen molar-refractivity contribution in [1.29, 1.82) is 0 Å². The number of hydrogen-bond acceptors (Lipinski definition) is 3. The van der Waals surface area contributed by atoms with Crippen molar-refractivity contribution in [3.63, 3.8) is 0 Å². The van der Waals surface area contributed by atoms with Gasteiger partial charge in [-0.1, -0.05) is 0 Å². The second-order valence-corrected chi connectivity index (χ2v) is 4.01. The van der Waals surface area contributed by atoms with Crippen LogP contribution in [0.15, 0.2) is 0 Å². The molecule has 4 N–H and O–H groups in total. The van der Waals surface area contributed by atoms with Crippen LogP contribution in [0.25, 0.3) is 0 Å². The summed E-state index contributed by atoms with van der Waals surface area (Å²) in [7, 11) is 0. The first-order valence-corrected chi connectivity index (χ1v) is 5.59. The highest BCUT2D eigenvalue weighted by Crippen LogP contribution is 2.22. The van der Waals surface area contributed by atoms with Gasteiger partial charge >= 0.3 is 12.1 Å². The number of benzene rings is 1. The molecule has 0 bridgehead atoms. The lowest BCUT2D eigenvalue weighted by Gasteiger charge is -2.11. The molecule has 1 amide bonds. The second kappa shape index (κ2) is 7.90. The quantitative estimate of drug-likeness (QED) is 0.323. The highest BCUT2D eigenvalue weighted by molar-refractivity contribution is 5.95. The maximum Gasteiger partial charge on any atom is 0.490 e. The maximum absolute atomic E-state index is 13.1. The van der Waals surface area contributed by atoms with Gasteiger partial charge in [0.15, 0.2) is 23.3 Å². The molecule has 0 aliphatic carbocycles. The average molecular weight is 368 g/mol. The highest BCUT2D eigenvalue weighted by Gasteiger charge is 2.38. The Labute approximate surface area is 128 Å². The van der Waals surface area contributed by atoms with Gasteiger partial charge in [0.05, 0.1) is 6.17 Å². The zero-order valence-electron chi connectivity index (χ0n) is 11.4. The maximum atomic E-state index is 13.1. The third kappa shape index (κ3) is 5.33. The first-order valence-electron chi connectivity index (χ1n) is 5.59. The Balaban J connectivity index is 0.000000640. The van der Waals surface area contributed by atoms with E-state index in [1.54, 1.807) is 0 Å². The molecule has 0 radical (unpaired) electrons. The first-order chi connectivity index (χ1) is 10.7. The van der Waals surface area contributed by atoms with Gasteiger partial charge in [0.25, 0.3) is 5.91 Å². The SMILES string of the molecule is CC(N)NC(=O)c1c(F)c(F)c(F)c(F)c1F.O=C(O)C(F)(F)F. The molecule has 13 heteroatoms. The topological polar surface area (TPSA) is 92.4 Å². The minimum absolute atomic E-state index is 1.00. The molecule has 0 saturated heterocycles. The first kappa shape index (κ1) is 21.6. The highest BCUT2D eigenvalue weighted by atomic mass is 19.4. The Hall–Kier alpha value is -2.44. The standard InChI is InChI=1S/C9H7F5N2O.C2HF3O2/c1-2(15)16-9(17)3-4(10)6(12)8(14)7(13)5(3)11;3-2(4,5)1(6)7/h2H,15H2,1H3,(H,16,17);(H,6,7). The molecular weight excluding hydrogens is 360 g/mol. The molecule has 5 nitrogen and oxygen atoms in total. The lowest BCUT2D eigenvalue weighted by Crippen LogP contribution is -2.40. The van der Waals surface area contributed by atoms with E-state index in [2.05, 4.69) is 0 Å². The van der Waals surface area contributed by atoms with Gasteiger partial charge in [-0.2, -0.15) is 13.2 Å². The number of halogens is 8. The van der Waals surface area contributed by atoms with Gasteiger partial charge in [0.2, 0.25) is 5.82 Å². The lowest BCUT2D eigenvalue weighted by atomic mass is 10.1. The van der Waals surface area contributed by atoms with Gasteiger partial charge < -0.3 is 16.2 Å². The van der Waals surface area contributed by atoms with E-state index in [9.17, 15) is 39.9 Å². The molecule has 1 rings (SSSR count). The summed E-state index contributed by atoms with van der Waals surface area (Å²) in [4.78, 5) is 20.1. The van der Waals surface area contributed by atoms with E-state index in [-0.39, 0.29) is 0 Å². The van der Waals surface area contributed by atoms with E-state index < -0.39 is 58.9 Å². The number of aliphatic carboxylic acids is 1. The van der Waals surface area contributed by atoms with Crippen LogP contribution in [0, 0.1) is 29.1 Å². The zero-order chi connectivity index (χ0) is 19.4. The summed E-state index contributed by atoms with van der Waals surface area (Å²) in [5.74, 6) is -15.3. The van der Waals surface area contributed by atoms with E-state index >= 15 is 0 Å². The summed E-state index contributed by atoms with van der Waals surface area (Å²) in [5, 5.41) is 8.94. The van der Waals surface area contributed by atoms with Crippen LogP contribution in [-0.2, 0) is 4.79 Å². The van der Waals surface area contributed by atoms with Crippen molar-refractivity contribution in [2.75, 3.05) is 0 Å². The Bertz CT molecular complexity index is 616. The summed E-state index contributed by atoms with van der Waals surface area (Å²) in [5.41, 5.74) is 3.54. The molecule has 1 aromatic rings. The van der Waals surface area contributed by atoms with E-state index in [1.807, 2.05) is 5.32 Å². The van der Waals surface area contributed by atoms with Gasteiger partial charge in [-0.3, -0.25) is 4.79 Å². The van der Waals surface area contributed by atoms with Gasteiger partial charge in [0, 0.05) is 0 Å². The fourth-order valence-electron chi connectivity index (χ4n) is 1.08. The van der Waals surface area contributed by atoms with Crippen molar-refractivity contribution < 1.29 is 49.8 Å². The summed E-state index contributed by atoms with van der Waals surface area (Å²) < 4.78 is 96.0. The molecule has 0 fully saturated rings. The van der Waals surface area contributed by atoms with Crippen LogP contribution in [0.1, 0.15) is 17.3 Å². The molecule has 1 atom stereocenters. The Kier molecular flexibility index (Phi) is 7.09. The third-order valence-electron chi connectivity index (χ3n) is 2.04. The number of amides is 1. The van der Waals surface area contributed by atoms with Crippen molar-refractivity contribution >= 4 is 11.9 Å². The Morgan fingerprint density at radius 1 is 0.958 bits per heavy atom. The summed E-state index contributed by atoms with van der Waals surface area (Å²) in [6.45, 7) is 1.25. The summed E-state index contributed by atoms with van der Waals surface area (Å²) in [6.07, 6.45) is -6.09. The third-order valence-corrected chi connectivity index (χ3v) is 2.04. The van der Waals surface area contributed by atoms with Gasteiger partial charge in [-0.05, 0) is 6.92 Å². The molecule has 0 spiro atoms. The fourth-order valence-corrected chi connectivity index (χ4v) is 1.08.